The number of piperidine rings is 1. The maximum Gasteiger partial charge on any atom is 0.242 e. The van der Waals surface area contributed by atoms with Gasteiger partial charge < -0.3 is 15.4 Å². The van der Waals surface area contributed by atoms with E-state index in [0.29, 0.717) is 6.54 Å². The van der Waals surface area contributed by atoms with Crippen molar-refractivity contribution in [3.63, 3.8) is 0 Å². The normalized spacial score (nSPS) is 16.1. The lowest BCUT2D eigenvalue weighted by atomic mass is 10.00. The number of rotatable bonds is 10. The van der Waals surface area contributed by atoms with Crippen molar-refractivity contribution in [1.82, 2.24) is 15.5 Å². The van der Waals surface area contributed by atoms with Crippen LogP contribution in [0.3, 0.4) is 0 Å². The minimum absolute atomic E-state index is 0.0147. The minimum atomic E-state index is -0.570. The Labute approximate surface area is 197 Å². The van der Waals surface area contributed by atoms with Crippen molar-refractivity contribution in [2.45, 2.75) is 51.6 Å². The van der Waals surface area contributed by atoms with Crippen LogP contribution in [-0.2, 0) is 16.0 Å². The van der Waals surface area contributed by atoms with Gasteiger partial charge in [-0.25, -0.2) is 0 Å². The molecule has 2 atom stereocenters. The summed E-state index contributed by atoms with van der Waals surface area (Å²) in [6.45, 7) is 6.46. The minimum Gasteiger partial charge on any atom is -0.497 e. The number of ether oxygens (including phenoxy) is 1. The summed E-state index contributed by atoms with van der Waals surface area (Å²) in [6.07, 6.45) is 3.86. The van der Waals surface area contributed by atoms with Crippen LogP contribution in [0.15, 0.2) is 54.6 Å². The maximum absolute atomic E-state index is 13.1. The first-order chi connectivity index (χ1) is 16.0. The molecule has 0 spiro atoms. The topological polar surface area (TPSA) is 70.7 Å². The van der Waals surface area contributed by atoms with E-state index in [2.05, 4.69) is 27.7 Å². The van der Waals surface area contributed by atoms with Gasteiger partial charge in [-0.05, 0) is 55.1 Å². The quantitative estimate of drug-likeness (QED) is 0.578. The smallest absolute Gasteiger partial charge is 0.242 e. The predicted octanol–water partition coefficient (Wildman–Crippen LogP) is 3.72. The molecule has 1 fully saturated rings. The summed E-state index contributed by atoms with van der Waals surface area (Å²) in [5.41, 5.74) is 2.09. The molecule has 0 aliphatic carbocycles. The van der Waals surface area contributed by atoms with E-state index in [-0.39, 0.29) is 30.2 Å². The summed E-state index contributed by atoms with van der Waals surface area (Å²) in [5, 5.41) is 6.07. The zero-order valence-electron chi connectivity index (χ0n) is 20.0. The SMILES string of the molecule is COc1ccc(C(CNC(=O)C(NC(=O)Cc2ccccc2)C(C)C)N2CCCCC2)cc1. The van der Waals surface area contributed by atoms with E-state index in [9.17, 15) is 9.59 Å². The van der Waals surface area contributed by atoms with E-state index in [0.717, 1.165) is 30.0 Å². The second-order valence-electron chi connectivity index (χ2n) is 9.08. The molecule has 6 nitrogen and oxygen atoms in total. The second kappa shape index (κ2) is 12.4. The Balaban J connectivity index is 1.65. The van der Waals surface area contributed by atoms with Crippen LogP contribution in [0, 0.1) is 5.92 Å². The van der Waals surface area contributed by atoms with Crippen LogP contribution in [-0.4, -0.2) is 49.5 Å². The molecular formula is C27H37N3O3. The summed E-state index contributed by atoms with van der Waals surface area (Å²) in [6, 6.07) is 17.2. The molecule has 2 amide bonds. The van der Waals surface area contributed by atoms with E-state index in [1.54, 1.807) is 7.11 Å². The number of nitrogens with zero attached hydrogens (tertiary/aromatic N) is 1. The Morgan fingerprint density at radius 3 is 2.24 bits per heavy atom. The van der Waals surface area contributed by atoms with Crippen molar-refractivity contribution in [2.24, 2.45) is 5.92 Å². The van der Waals surface area contributed by atoms with Gasteiger partial charge in [-0.3, -0.25) is 14.5 Å². The fourth-order valence-corrected chi connectivity index (χ4v) is 4.36. The third-order valence-electron chi connectivity index (χ3n) is 6.27. The van der Waals surface area contributed by atoms with Crippen molar-refractivity contribution < 1.29 is 14.3 Å². The Kier molecular flexibility index (Phi) is 9.31. The Bertz CT molecular complexity index is 877. The lowest BCUT2D eigenvalue weighted by Gasteiger charge is -2.35. The molecule has 0 bridgehead atoms. The van der Waals surface area contributed by atoms with E-state index < -0.39 is 6.04 Å². The highest BCUT2D eigenvalue weighted by atomic mass is 16.5. The lowest BCUT2D eigenvalue weighted by molar-refractivity contribution is -0.130. The van der Waals surface area contributed by atoms with Crippen LogP contribution in [0.1, 0.15) is 50.3 Å². The molecule has 6 heteroatoms. The fraction of sp³-hybridized carbons (Fsp3) is 0.481. The number of carbonyl (C=O) groups is 2. The predicted molar refractivity (Wildman–Crippen MR) is 131 cm³/mol. The van der Waals surface area contributed by atoms with E-state index >= 15 is 0 Å². The van der Waals surface area contributed by atoms with Crippen molar-refractivity contribution in [3.05, 3.63) is 65.7 Å². The number of likely N-dealkylation sites (tertiary alicyclic amines) is 1. The number of hydrogen-bond donors (Lipinski definition) is 2. The Morgan fingerprint density at radius 1 is 0.970 bits per heavy atom. The molecule has 0 aromatic heterocycles. The maximum atomic E-state index is 13.1. The molecule has 2 aromatic carbocycles. The second-order valence-corrected chi connectivity index (χ2v) is 9.08. The van der Waals surface area contributed by atoms with Gasteiger partial charge in [-0.1, -0.05) is 62.7 Å². The van der Waals surface area contributed by atoms with Gasteiger partial charge in [0.05, 0.1) is 19.6 Å². The van der Waals surface area contributed by atoms with Gasteiger partial charge >= 0.3 is 0 Å². The zero-order valence-corrected chi connectivity index (χ0v) is 20.0. The summed E-state index contributed by atoms with van der Waals surface area (Å²) in [7, 11) is 1.66. The third-order valence-corrected chi connectivity index (χ3v) is 6.27. The molecule has 2 N–H and O–H groups in total. The van der Waals surface area contributed by atoms with Crippen LogP contribution in [0.25, 0.3) is 0 Å². The molecule has 3 rings (SSSR count). The molecule has 0 radical (unpaired) electrons. The van der Waals surface area contributed by atoms with Gasteiger partial charge in [-0.15, -0.1) is 0 Å². The van der Waals surface area contributed by atoms with Crippen LogP contribution in [0.4, 0.5) is 0 Å². The molecule has 178 valence electrons. The largest absolute Gasteiger partial charge is 0.497 e. The zero-order chi connectivity index (χ0) is 23.6. The lowest BCUT2D eigenvalue weighted by Crippen LogP contribution is -2.51. The van der Waals surface area contributed by atoms with E-state index in [4.69, 9.17) is 4.74 Å². The van der Waals surface area contributed by atoms with Crippen LogP contribution < -0.4 is 15.4 Å². The molecular weight excluding hydrogens is 414 g/mol. The van der Waals surface area contributed by atoms with Gasteiger partial charge in [0.15, 0.2) is 0 Å². The monoisotopic (exact) mass is 451 g/mol. The molecule has 1 saturated heterocycles. The first-order valence-electron chi connectivity index (χ1n) is 12.0. The molecule has 2 unspecified atom stereocenters. The molecule has 1 heterocycles. The Morgan fingerprint density at radius 2 is 1.64 bits per heavy atom. The fourth-order valence-electron chi connectivity index (χ4n) is 4.36. The van der Waals surface area contributed by atoms with E-state index in [1.165, 1.54) is 19.3 Å². The standard InChI is InChI=1S/C27H37N3O3/c1-20(2)26(29-25(31)18-21-10-6-4-7-11-21)27(32)28-19-24(30-16-8-5-9-17-30)22-12-14-23(33-3)15-13-22/h4,6-7,10-15,20,24,26H,5,8-9,16-19H2,1-3H3,(H,28,32)(H,29,31). The van der Waals surface area contributed by atoms with Gasteiger partial charge in [0.1, 0.15) is 11.8 Å². The Hall–Kier alpha value is -2.86. The first kappa shape index (κ1) is 24.8. The molecule has 0 saturated carbocycles. The average Bonchev–Trinajstić information content (AvgIpc) is 2.84. The summed E-state index contributed by atoms with van der Waals surface area (Å²) in [4.78, 5) is 28.2. The highest BCUT2D eigenvalue weighted by Gasteiger charge is 2.27. The number of nitrogens with one attached hydrogen (secondary N) is 2. The molecule has 33 heavy (non-hydrogen) atoms. The highest BCUT2D eigenvalue weighted by Crippen LogP contribution is 2.26. The number of carbonyl (C=O) groups excluding carboxylic acids is 2. The number of benzene rings is 2. The summed E-state index contributed by atoms with van der Waals surface area (Å²) >= 11 is 0. The van der Waals surface area contributed by atoms with E-state index in [1.807, 2.05) is 56.3 Å². The number of amides is 2. The van der Waals surface area contributed by atoms with Crippen molar-refractivity contribution >= 4 is 11.8 Å². The molecule has 2 aromatic rings. The highest BCUT2D eigenvalue weighted by molar-refractivity contribution is 5.88. The van der Waals surface area contributed by atoms with Crippen LogP contribution in [0.5, 0.6) is 5.75 Å². The van der Waals surface area contributed by atoms with Gasteiger partial charge in [0, 0.05) is 6.54 Å². The third kappa shape index (κ3) is 7.32. The molecule has 1 aliphatic rings. The number of hydrogen-bond acceptors (Lipinski definition) is 4. The number of methoxy groups -OCH3 is 1. The molecule has 1 aliphatic heterocycles. The first-order valence-corrected chi connectivity index (χ1v) is 12.0. The van der Waals surface area contributed by atoms with Crippen molar-refractivity contribution in [2.75, 3.05) is 26.7 Å². The average molecular weight is 452 g/mol. The van der Waals surface area contributed by atoms with Gasteiger partial charge in [0.25, 0.3) is 0 Å². The van der Waals surface area contributed by atoms with Crippen LogP contribution in [0.2, 0.25) is 0 Å². The summed E-state index contributed by atoms with van der Waals surface area (Å²) < 4.78 is 5.31. The van der Waals surface area contributed by atoms with Crippen molar-refractivity contribution in [1.29, 1.82) is 0 Å². The van der Waals surface area contributed by atoms with Crippen LogP contribution >= 0.6 is 0 Å². The summed E-state index contributed by atoms with van der Waals surface area (Å²) in [5.74, 6) is 0.528. The van der Waals surface area contributed by atoms with Gasteiger partial charge in [-0.2, -0.15) is 0 Å². The van der Waals surface area contributed by atoms with Crippen molar-refractivity contribution in [3.8, 4) is 5.75 Å². The van der Waals surface area contributed by atoms with Gasteiger partial charge in [0.2, 0.25) is 11.8 Å².